The van der Waals surface area contributed by atoms with Gasteiger partial charge in [0.2, 0.25) is 0 Å². The topological polar surface area (TPSA) is 75.6 Å². The van der Waals surface area contributed by atoms with Crippen LogP contribution in [0, 0.1) is 0 Å². The summed E-state index contributed by atoms with van der Waals surface area (Å²) >= 11 is 7.55. The minimum absolute atomic E-state index is 0.0230. The van der Waals surface area contributed by atoms with Crippen LogP contribution in [0.25, 0.3) is 10.1 Å². The van der Waals surface area contributed by atoms with E-state index in [2.05, 4.69) is 11.9 Å². The van der Waals surface area contributed by atoms with Gasteiger partial charge in [-0.1, -0.05) is 36.4 Å². The van der Waals surface area contributed by atoms with E-state index >= 15 is 0 Å². The number of aliphatic carboxylic acids is 1. The van der Waals surface area contributed by atoms with E-state index in [9.17, 15) is 14.7 Å². The zero-order chi connectivity index (χ0) is 16.1. The maximum atomic E-state index is 11.5. The average molecular weight is 340 g/mol. The predicted molar refractivity (Wildman–Crippen MR) is 86.6 cm³/mol. The molecule has 1 atom stereocenters. The second-order valence-electron chi connectivity index (χ2n) is 4.50. The maximum Gasteiger partial charge on any atom is 0.408 e. The van der Waals surface area contributed by atoms with Gasteiger partial charge in [0.05, 0.1) is 9.72 Å². The molecule has 0 bridgehead atoms. The smallest absolute Gasteiger partial charge is 0.408 e. The van der Waals surface area contributed by atoms with Crippen LogP contribution in [-0.4, -0.2) is 29.8 Å². The number of hydrogen-bond acceptors (Lipinski definition) is 4. The van der Waals surface area contributed by atoms with Gasteiger partial charge < -0.3 is 15.2 Å². The first-order valence-corrected chi connectivity index (χ1v) is 7.70. The highest BCUT2D eigenvalue weighted by Crippen LogP contribution is 2.32. The van der Waals surface area contributed by atoms with E-state index in [-0.39, 0.29) is 13.0 Å². The number of thiophene rings is 1. The number of carbonyl (C=O) groups excluding carboxylic acids is 1. The minimum atomic E-state index is -1.13. The van der Waals surface area contributed by atoms with Crippen molar-refractivity contribution in [2.75, 3.05) is 6.61 Å². The first-order valence-electron chi connectivity index (χ1n) is 6.44. The third-order valence-electron chi connectivity index (χ3n) is 2.98. The molecule has 0 saturated heterocycles. The van der Waals surface area contributed by atoms with Crippen LogP contribution in [0.1, 0.15) is 5.56 Å². The quantitative estimate of drug-likeness (QED) is 0.790. The molecule has 1 heterocycles. The van der Waals surface area contributed by atoms with Crippen molar-refractivity contribution >= 4 is 45.1 Å². The number of halogens is 1. The molecule has 2 rings (SSSR count). The van der Waals surface area contributed by atoms with Gasteiger partial charge in [0.1, 0.15) is 12.6 Å². The number of carbonyl (C=O) groups is 2. The lowest BCUT2D eigenvalue weighted by Gasteiger charge is -2.13. The highest BCUT2D eigenvalue weighted by atomic mass is 35.5. The minimum Gasteiger partial charge on any atom is -0.480 e. The van der Waals surface area contributed by atoms with E-state index < -0.39 is 18.1 Å². The predicted octanol–water partition coefficient (Wildman–Crippen LogP) is 3.46. The first-order chi connectivity index (χ1) is 10.5. The molecule has 0 aliphatic heterocycles. The molecule has 0 aliphatic carbocycles. The number of carboxylic acids is 1. The summed E-state index contributed by atoms with van der Waals surface area (Å²) in [5.41, 5.74) is 0.818. The Morgan fingerprint density at radius 3 is 2.95 bits per heavy atom. The van der Waals surface area contributed by atoms with Crippen LogP contribution in [0.15, 0.2) is 36.2 Å². The van der Waals surface area contributed by atoms with Crippen molar-refractivity contribution in [2.24, 2.45) is 0 Å². The summed E-state index contributed by atoms with van der Waals surface area (Å²) in [5, 5.41) is 15.0. The lowest BCUT2D eigenvalue weighted by atomic mass is 10.1. The number of hydrogen-bond donors (Lipinski definition) is 2. The van der Waals surface area contributed by atoms with Crippen LogP contribution in [0.5, 0.6) is 0 Å². The number of ether oxygens (including phenoxy) is 1. The highest BCUT2D eigenvalue weighted by molar-refractivity contribution is 7.18. The fourth-order valence-corrected chi connectivity index (χ4v) is 3.27. The molecule has 2 N–H and O–H groups in total. The molecule has 22 heavy (non-hydrogen) atoms. The number of rotatable bonds is 6. The fourth-order valence-electron chi connectivity index (χ4n) is 1.97. The summed E-state index contributed by atoms with van der Waals surface area (Å²) in [7, 11) is 0. The molecule has 0 unspecified atom stereocenters. The van der Waals surface area contributed by atoms with Crippen molar-refractivity contribution in [3.63, 3.8) is 0 Å². The normalized spacial score (nSPS) is 11.9. The number of carboxylic acid groups (broad SMARTS) is 1. The second kappa shape index (κ2) is 7.29. The van der Waals surface area contributed by atoms with E-state index in [0.717, 1.165) is 15.6 Å². The lowest BCUT2D eigenvalue weighted by molar-refractivity contribution is -0.139. The van der Waals surface area contributed by atoms with Crippen LogP contribution in [0.4, 0.5) is 4.79 Å². The van der Waals surface area contributed by atoms with E-state index in [0.29, 0.717) is 5.02 Å². The first kappa shape index (κ1) is 16.3. The van der Waals surface area contributed by atoms with Gasteiger partial charge in [-0.25, -0.2) is 9.59 Å². The molecular formula is C15H14ClNO4S. The maximum absolute atomic E-state index is 11.5. The summed E-state index contributed by atoms with van der Waals surface area (Å²) < 4.78 is 5.65. The van der Waals surface area contributed by atoms with Crippen molar-refractivity contribution in [1.29, 1.82) is 0 Å². The van der Waals surface area contributed by atoms with Crippen molar-refractivity contribution in [3.05, 3.63) is 46.8 Å². The Balaban J connectivity index is 2.16. The number of fused-ring (bicyclic) bond motifs is 1. The molecule has 0 aliphatic rings. The molecule has 1 aromatic heterocycles. The summed E-state index contributed by atoms with van der Waals surface area (Å²) in [4.78, 5) is 22.8. The van der Waals surface area contributed by atoms with E-state index in [1.807, 2.05) is 17.5 Å². The van der Waals surface area contributed by atoms with Gasteiger partial charge >= 0.3 is 12.1 Å². The number of alkyl carbamates (subject to hydrolysis) is 1. The van der Waals surface area contributed by atoms with Gasteiger partial charge in [0, 0.05) is 6.42 Å². The molecular weight excluding hydrogens is 326 g/mol. The van der Waals surface area contributed by atoms with Crippen molar-refractivity contribution < 1.29 is 19.4 Å². The number of nitrogens with one attached hydrogen (secondary N) is 1. The van der Waals surface area contributed by atoms with Crippen LogP contribution >= 0.6 is 22.9 Å². The van der Waals surface area contributed by atoms with Crippen LogP contribution < -0.4 is 5.32 Å². The second-order valence-corrected chi connectivity index (χ2v) is 5.79. The Morgan fingerprint density at radius 2 is 2.27 bits per heavy atom. The Hall–Kier alpha value is -2.05. The van der Waals surface area contributed by atoms with Gasteiger partial charge in [-0.3, -0.25) is 0 Å². The van der Waals surface area contributed by atoms with Gasteiger partial charge in [0.15, 0.2) is 0 Å². The van der Waals surface area contributed by atoms with E-state index in [1.165, 1.54) is 17.4 Å². The Morgan fingerprint density at radius 1 is 1.50 bits per heavy atom. The molecule has 1 aromatic carbocycles. The van der Waals surface area contributed by atoms with E-state index in [4.69, 9.17) is 16.3 Å². The third kappa shape index (κ3) is 3.78. The fraction of sp³-hybridized carbons (Fsp3) is 0.200. The lowest BCUT2D eigenvalue weighted by Crippen LogP contribution is -2.42. The zero-order valence-electron chi connectivity index (χ0n) is 11.5. The molecule has 1 amide bonds. The Kier molecular flexibility index (Phi) is 5.41. The van der Waals surface area contributed by atoms with Gasteiger partial charge in [-0.2, -0.15) is 0 Å². The zero-order valence-corrected chi connectivity index (χ0v) is 13.1. The summed E-state index contributed by atoms with van der Waals surface area (Å²) in [6.07, 6.45) is 0.771. The SMILES string of the molecule is C=CCOC(=O)N[C@@H](Cc1csc2c(Cl)cccc12)C(=O)O. The van der Waals surface area contributed by atoms with E-state index in [1.54, 1.807) is 6.07 Å². The molecule has 0 spiro atoms. The third-order valence-corrected chi connectivity index (χ3v) is 4.48. The Labute approximate surface area is 136 Å². The number of amides is 1. The largest absolute Gasteiger partial charge is 0.480 e. The monoisotopic (exact) mass is 339 g/mol. The molecule has 5 nitrogen and oxygen atoms in total. The van der Waals surface area contributed by atoms with Gasteiger partial charge in [-0.05, 0) is 22.4 Å². The Bertz CT molecular complexity index is 713. The van der Waals surface area contributed by atoms with Gasteiger partial charge in [0.25, 0.3) is 0 Å². The highest BCUT2D eigenvalue weighted by Gasteiger charge is 2.22. The average Bonchev–Trinajstić information content (AvgIpc) is 2.89. The van der Waals surface area contributed by atoms with Gasteiger partial charge in [-0.15, -0.1) is 11.3 Å². The van der Waals surface area contributed by atoms with Crippen LogP contribution in [0.2, 0.25) is 5.02 Å². The summed E-state index contributed by atoms with van der Waals surface area (Å²) in [6.45, 7) is 3.44. The van der Waals surface area contributed by atoms with Crippen molar-refractivity contribution in [2.45, 2.75) is 12.5 Å². The molecule has 2 aromatic rings. The summed E-state index contributed by atoms with van der Waals surface area (Å²) in [6, 6.07) is 4.39. The van der Waals surface area contributed by atoms with Crippen LogP contribution in [-0.2, 0) is 16.0 Å². The van der Waals surface area contributed by atoms with Crippen LogP contribution in [0.3, 0.4) is 0 Å². The molecule has 7 heteroatoms. The molecule has 0 saturated carbocycles. The standard InChI is InChI=1S/C15H14ClNO4S/c1-2-6-21-15(20)17-12(14(18)19)7-9-8-22-13-10(9)4-3-5-11(13)16/h2-5,8,12H,1,6-7H2,(H,17,20)(H,18,19)/t12-/m0/s1. The summed E-state index contributed by atoms with van der Waals surface area (Å²) in [5.74, 6) is -1.13. The van der Waals surface area contributed by atoms with Crippen molar-refractivity contribution in [3.8, 4) is 0 Å². The number of benzene rings is 1. The molecule has 0 fully saturated rings. The molecule has 116 valence electrons. The molecule has 0 radical (unpaired) electrons. The van der Waals surface area contributed by atoms with Crippen molar-refractivity contribution in [1.82, 2.24) is 5.32 Å².